The summed E-state index contributed by atoms with van der Waals surface area (Å²) >= 11 is 1.49. The quantitative estimate of drug-likeness (QED) is 0.795. The van der Waals surface area contributed by atoms with Crippen LogP contribution in [0.5, 0.6) is 0 Å². The number of carbonyl (C=O) groups excluding carboxylic acids is 2. The molecule has 1 aromatic carbocycles. The molecule has 0 atom stereocenters. The van der Waals surface area contributed by atoms with Gasteiger partial charge in [-0.15, -0.1) is 11.3 Å². The summed E-state index contributed by atoms with van der Waals surface area (Å²) in [6.07, 6.45) is 0.773. The van der Waals surface area contributed by atoms with Gasteiger partial charge in [-0.2, -0.15) is 0 Å². The molecule has 2 heterocycles. The van der Waals surface area contributed by atoms with Crippen molar-refractivity contribution in [2.45, 2.75) is 26.8 Å². The molecular weight excluding hydrogens is 364 g/mol. The lowest BCUT2D eigenvalue weighted by Crippen LogP contribution is -2.35. The third-order valence-corrected chi connectivity index (χ3v) is 5.14. The van der Waals surface area contributed by atoms with E-state index in [4.69, 9.17) is 4.74 Å². The second-order valence-electron chi connectivity index (χ2n) is 6.38. The van der Waals surface area contributed by atoms with Crippen molar-refractivity contribution in [3.05, 3.63) is 39.8 Å². The fraction of sp³-hybridized carbons (Fsp3) is 0.421. The maximum atomic E-state index is 12.6. The predicted molar refractivity (Wildman–Crippen MR) is 106 cm³/mol. The van der Waals surface area contributed by atoms with Crippen molar-refractivity contribution in [1.82, 2.24) is 9.88 Å². The minimum Gasteiger partial charge on any atom is -0.379 e. The van der Waals surface area contributed by atoms with Crippen LogP contribution in [0.4, 0.5) is 11.4 Å². The van der Waals surface area contributed by atoms with Crippen LogP contribution in [0.1, 0.15) is 34.9 Å². The number of aromatic nitrogens is 1. The van der Waals surface area contributed by atoms with E-state index in [9.17, 15) is 9.59 Å². The largest absolute Gasteiger partial charge is 0.379 e. The van der Waals surface area contributed by atoms with Gasteiger partial charge in [0.25, 0.3) is 5.91 Å². The zero-order chi connectivity index (χ0) is 19.2. The van der Waals surface area contributed by atoms with E-state index in [0.29, 0.717) is 17.1 Å². The van der Waals surface area contributed by atoms with Gasteiger partial charge in [0.15, 0.2) is 0 Å². The summed E-state index contributed by atoms with van der Waals surface area (Å²) in [5.74, 6) is -0.391. The Labute approximate surface area is 162 Å². The number of thiazole rings is 1. The van der Waals surface area contributed by atoms with E-state index in [-0.39, 0.29) is 11.8 Å². The van der Waals surface area contributed by atoms with Gasteiger partial charge in [0.05, 0.1) is 19.8 Å². The summed E-state index contributed by atoms with van der Waals surface area (Å²) in [6, 6.07) is 5.52. The molecule has 3 rings (SSSR count). The molecule has 1 aliphatic heterocycles. The predicted octanol–water partition coefficient (Wildman–Crippen LogP) is 2.75. The lowest BCUT2D eigenvalue weighted by molar-refractivity contribution is -0.114. The van der Waals surface area contributed by atoms with Gasteiger partial charge in [0.1, 0.15) is 10.7 Å². The molecule has 144 valence electrons. The van der Waals surface area contributed by atoms with Crippen molar-refractivity contribution in [2.75, 3.05) is 36.9 Å². The summed E-state index contributed by atoms with van der Waals surface area (Å²) in [7, 11) is 0. The van der Waals surface area contributed by atoms with Crippen LogP contribution in [-0.4, -0.2) is 48.0 Å². The fourth-order valence-corrected chi connectivity index (χ4v) is 3.72. The van der Waals surface area contributed by atoms with Crippen molar-refractivity contribution in [1.29, 1.82) is 0 Å². The Morgan fingerprint density at radius 2 is 2.04 bits per heavy atom. The number of nitrogens with zero attached hydrogens (tertiary/aromatic N) is 2. The van der Waals surface area contributed by atoms with E-state index in [1.807, 2.05) is 19.1 Å². The summed E-state index contributed by atoms with van der Waals surface area (Å²) in [4.78, 5) is 30.7. The molecule has 0 unspecified atom stereocenters. The average Bonchev–Trinajstić information content (AvgIpc) is 3.11. The fourth-order valence-electron chi connectivity index (χ4n) is 2.91. The highest BCUT2D eigenvalue weighted by atomic mass is 32.1. The maximum Gasteiger partial charge on any atom is 0.275 e. The molecule has 1 aliphatic rings. The van der Waals surface area contributed by atoms with Gasteiger partial charge in [0, 0.05) is 36.8 Å². The van der Waals surface area contributed by atoms with E-state index in [1.165, 1.54) is 18.3 Å². The SMILES string of the molecule is CCc1ccc(NC(C)=O)cc1NC(=O)c1csc(CN2CCOCC2)n1. The molecule has 1 aromatic heterocycles. The Hall–Kier alpha value is -2.29. The van der Waals surface area contributed by atoms with Crippen LogP contribution in [0.2, 0.25) is 0 Å². The van der Waals surface area contributed by atoms with Crippen molar-refractivity contribution >= 4 is 34.5 Å². The second-order valence-corrected chi connectivity index (χ2v) is 7.32. The third-order valence-electron chi connectivity index (χ3n) is 4.31. The smallest absolute Gasteiger partial charge is 0.275 e. The van der Waals surface area contributed by atoms with Gasteiger partial charge in [-0.1, -0.05) is 13.0 Å². The molecule has 0 aliphatic carbocycles. The van der Waals surface area contributed by atoms with E-state index in [0.717, 1.165) is 49.8 Å². The van der Waals surface area contributed by atoms with Crippen LogP contribution < -0.4 is 10.6 Å². The Balaban J connectivity index is 1.68. The molecule has 0 bridgehead atoms. The molecule has 2 amide bonds. The van der Waals surface area contributed by atoms with E-state index < -0.39 is 0 Å². The lowest BCUT2D eigenvalue weighted by Gasteiger charge is -2.25. The first-order valence-corrected chi connectivity index (χ1v) is 9.89. The average molecular weight is 388 g/mol. The number of nitrogens with one attached hydrogen (secondary N) is 2. The number of aryl methyl sites for hydroxylation is 1. The molecule has 1 fully saturated rings. The maximum absolute atomic E-state index is 12.6. The minimum atomic E-state index is -0.242. The van der Waals surface area contributed by atoms with Crippen LogP contribution in [0.25, 0.3) is 0 Å². The number of morpholine rings is 1. The number of carbonyl (C=O) groups is 2. The number of hydrogen-bond donors (Lipinski definition) is 2. The molecule has 8 heteroatoms. The van der Waals surface area contributed by atoms with Gasteiger partial charge >= 0.3 is 0 Å². The molecule has 2 N–H and O–H groups in total. The Kier molecular flexibility index (Phi) is 6.54. The number of hydrogen-bond acceptors (Lipinski definition) is 6. The topological polar surface area (TPSA) is 83.6 Å². The molecule has 0 radical (unpaired) electrons. The van der Waals surface area contributed by atoms with Crippen molar-refractivity contribution in [3.63, 3.8) is 0 Å². The Bertz CT molecular complexity index is 815. The number of amides is 2. The van der Waals surface area contributed by atoms with Crippen LogP contribution in [-0.2, 0) is 22.5 Å². The lowest BCUT2D eigenvalue weighted by atomic mass is 10.1. The highest BCUT2D eigenvalue weighted by Crippen LogP contribution is 2.23. The van der Waals surface area contributed by atoms with Gasteiger partial charge in [-0.3, -0.25) is 14.5 Å². The number of ether oxygens (including phenoxy) is 1. The van der Waals surface area contributed by atoms with Crippen LogP contribution in [0.15, 0.2) is 23.6 Å². The summed E-state index contributed by atoms with van der Waals surface area (Å²) in [5.41, 5.74) is 2.76. The van der Waals surface area contributed by atoms with Crippen molar-refractivity contribution in [3.8, 4) is 0 Å². The molecule has 1 saturated heterocycles. The van der Waals surface area contributed by atoms with Crippen LogP contribution >= 0.6 is 11.3 Å². The van der Waals surface area contributed by atoms with E-state index >= 15 is 0 Å². The summed E-state index contributed by atoms with van der Waals surface area (Å²) < 4.78 is 5.35. The van der Waals surface area contributed by atoms with Gasteiger partial charge in [0.2, 0.25) is 5.91 Å². The highest BCUT2D eigenvalue weighted by molar-refractivity contribution is 7.09. The molecule has 0 saturated carbocycles. The first kappa shape index (κ1) is 19.5. The third kappa shape index (κ3) is 5.35. The normalized spacial score (nSPS) is 14.7. The minimum absolute atomic E-state index is 0.149. The molecule has 0 spiro atoms. The molecule has 7 nitrogen and oxygen atoms in total. The number of rotatable bonds is 6. The zero-order valence-electron chi connectivity index (χ0n) is 15.6. The number of benzene rings is 1. The van der Waals surface area contributed by atoms with E-state index in [1.54, 1.807) is 11.4 Å². The van der Waals surface area contributed by atoms with Gasteiger partial charge in [-0.25, -0.2) is 4.98 Å². The summed E-state index contributed by atoms with van der Waals surface area (Å²) in [5, 5.41) is 8.38. The first-order chi connectivity index (χ1) is 13.0. The Morgan fingerprint density at radius 3 is 2.74 bits per heavy atom. The molecule has 27 heavy (non-hydrogen) atoms. The first-order valence-electron chi connectivity index (χ1n) is 9.01. The van der Waals surface area contributed by atoms with E-state index in [2.05, 4.69) is 20.5 Å². The molecule has 2 aromatic rings. The second kappa shape index (κ2) is 9.07. The number of anilines is 2. The van der Waals surface area contributed by atoms with Crippen LogP contribution in [0.3, 0.4) is 0 Å². The van der Waals surface area contributed by atoms with Crippen molar-refractivity contribution in [2.24, 2.45) is 0 Å². The van der Waals surface area contributed by atoms with Gasteiger partial charge in [-0.05, 0) is 24.1 Å². The van der Waals surface area contributed by atoms with Gasteiger partial charge < -0.3 is 15.4 Å². The van der Waals surface area contributed by atoms with Crippen LogP contribution in [0, 0.1) is 0 Å². The standard InChI is InChI=1S/C19H24N4O3S/c1-3-14-4-5-15(20-13(2)24)10-16(14)22-19(25)17-12-27-18(21-17)11-23-6-8-26-9-7-23/h4-5,10,12H,3,6-9,11H2,1-2H3,(H,20,24)(H,22,25). The summed E-state index contributed by atoms with van der Waals surface area (Å²) in [6.45, 7) is 7.46. The monoisotopic (exact) mass is 388 g/mol. The Morgan fingerprint density at radius 1 is 1.26 bits per heavy atom. The zero-order valence-corrected chi connectivity index (χ0v) is 16.4. The highest BCUT2D eigenvalue weighted by Gasteiger charge is 2.16. The molecular formula is C19H24N4O3S. The van der Waals surface area contributed by atoms with Crippen molar-refractivity contribution < 1.29 is 14.3 Å².